The van der Waals surface area contributed by atoms with E-state index in [2.05, 4.69) is 51.3 Å². The predicted octanol–water partition coefficient (Wildman–Crippen LogP) is 7.31. The Morgan fingerprint density at radius 1 is 1.08 bits per heavy atom. The number of hydrogen-bond donors (Lipinski definition) is 2. The van der Waals surface area contributed by atoms with Gasteiger partial charge in [0.2, 0.25) is 11.8 Å². The standard InChI is InChI=1S/C32H47N3O3Si/c1-32(2,3)39(4,5)38-29(31-35-26-18-12-13-19-28(26)37-31)27(21-20-23-14-8-6-9-15-23)34-30(36)25(33)22-24-16-10-7-11-17-24/h6,8-9,12-15,18-19,24-25,27,29H,7,10-11,16-17,20-22,33H2,1-5H3,(H,34,36)/t25-,27-,29?/m0/s1. The molecule has 1 aliphatic rings. The second kappa shape index (κ2) is 12.8. The van der Waals surface area contributed by atoms with Crippen molar-refractivity contribution >= 4 is 25.3 Å². The number of nitrogens with one attached hydrogen (secondary N) is 1. The molecule has 4 rings (SSSR count). The van der Waals surface area contributed by atoms with Crippen molar-refractivity contribution < 1.29 is 13.6 Å². The van der Waals surface area contributed by atoms with Crippen LogP contribution in [0.5, 0.6) is 0 Å². The highest BCUT2D eigenvalue weighted by molar-refractivity contribution is 6.74. The Kier molecular flexibility index (Phi) is 9.67. The van der Waals surface area contributed by atoms with Gasteiger partial charge in [0.05, 0.1) is 12.1 Å². The fourth-order valence-corrected chi connectivity index (χ4v) is 6.51. The predicted molar refractivity (Wildman–Crippen MR) is 161 cm³/mol. The molecule has 0 saturated heterocycles. The van der Waals surface area contributed by atoms with Gasteiger partial charge in [-0.25, -0.2) is 4.98 Å². The molecule has 0 radical (unpaired) electrons. The van der Waals surface area contributed by atoms with Crippen LogP contribution < -0.4 is 11.1 Å². The molecule has 1 amide bonds. The molecule has 0 bridgehead atoms. The molecule has 3 N–H and O–H groups in total. The van der Waals surface area contributed by atoms with Crippen LogP contribution in [0.3, 0.4) is 0 Å². The van der Waals surface area contributed by atoms with E-state index in [0.717, 1.165) is 23.9 Å². The Bertz CT molecular complexity index is 1170. The lowest BCUT2D eigenvalue weighted by atomic mass is 9.85. The number of fused-ring (bicyclic) bond motifs is 1. The second-order valence-electron chi connectivity index (χ2n) is 12.8. The van der Waals surface area contributed by atoms with E-state index in [0.29, 0.717) is 18.2 Å². The molecule has 1 aromatic heterocycles. The van der Waals surface area contributed by atoms with Crippen LogP contribution in [0.4, 0.5) is 0 Å². The maximum Gasteiger partial charge on any atom is 0.237 e. The topological polar surface area (TPSA) is 90.4 Å². The van der Waals surface area contributed by atoms with Crippen LogP contribution in [-0.4, -0.2) is 31.3 Å². The van der Waals surface area contributed by atoms with Crippen LogP contribution in [0.25, 0.3) is 11.1 Å². The summed E-state index contributed by atoms with van der Waals surface area (Å²) in [5.74, 6) is 0.928. The highest BCUT2D eigenvalue weighted by Gasteiger charge is 2.43. The van der Waals surface area contributed by atoms with Gasteiger partial charge in [0.1, 0.15) is 11.6 Å². The summed E-state index contributed by atoms with van der Waals surface area (Å²) in [5, 5.41) is 3.30. The zero-order valence-electron chi connectivity index (χ0n) is 24.4. The van der Waals surface area contributed by atoms with Crippen molar-refractivity contribution in [1.82, 2.24) is 10.3 Å². The first-order valence-corrected chi connectivity index (χ1v) is 17.6. The van der Waals surface area contributed by atoms with Gasteiger partial charge >= 0.3 is 0 Å². The molecule has 1 aliphatic carbocycles. The van der Waals surface area contributed by atoms with Crippen LogP contribution in [0, 0.1) is 5.92 Å². The maximum absolute atomic E-state index is 13.6. The van der Waals surface area contributed by atoms with E-state index in [4.69, 9.17) is 19.6 Å². The number of carbonyl (C=O) groups excluding carboxylic acids is 1. The number of para-hydroxylation sites is 2. The zero-order chi connectivity index (χ0) is 28.0. The third-order valence-electron chi connectivity index (χ3n) is 8.71. The largest absolute Gasteiger partial charge is 0.438 e. The van der Waals surface area contributed by atoms with Gasteiger partial charge in [-0.3, -0.25) is 4.79 Å². The summed E-state index contributed by atoms with van der Waals surface area (Å²) in [6.07, 6.45) is 7.78. The lowest BCUT2D eigenvalue weighted by molar-refractivity contribution is -0.124. The summed E-state index contributed by atoms with van der Waals surface area (Å²) in [5.41, 5.74) is 9.24. The molecule has 1 saturated carbocycles. The molecule has 2 aromatic carbocycles. The Morgan fingerprint density at radius 2 is 1.74 bits per heavy atom. The summed E-state index contributed by atoms with van der Waals surface area (Å²) < 4.78 is 13.3. The minimum absolute atomic E-state index is 0.0252. The van der Waals surface area contributed by atoms with Gasteiger partial charge in [0.25, 0.3) is 0 Å². The van der Waals surface area contributed by atoms with Crippen LogP contribution in [0.1, 0.15) is 83.3 Å². The number of oxazole rings is 1. The minimum atomic E-state index is -2.27. The molecule has 1 unspecified atom stereocenters. The van der Waals surface area contributed by atoms with Gasteiger partial charge in [-0.05, 0) is 61.0 Å². The molecule has 7 heteroatoms. The molecule has 0 aliphatic heterocycles. The van der Waals surface area contributed by atoms with Crippen molar-refractivity contribution in [3.8, 4) is 0 Å². The molecule has 6 nitrogen and oxygen atoms in total. The molecular formula is C32H47N3O3Si. The number of carbonyl (C=O) groups is 1. The van der Waals surface area contributed by atoms with Gasteiger partial charge in [-0.1, -0.05) is 95.3 Å². The number of nitrogens with two attached hydrogens (primary N) is 1. The fourth-order valence-electron chi connectivity index (χ4n) is 5.26. The Hall–Kier alpha value is -2.48. The van der Waals surface area contributed by atoms with Gasteiger partial charge in [0.15, 0.2) is 13.9 Å². The van der Waals surface area contributed by atoms with Crippen molar-refractivity contribution in [2.75, 3.05) is 0 Å². The number of nitrogens with zero attached hydrogens (tertiary/aromatic N) is 1. The van der Waals surface area contributed by atoms with Crippen molar-refractivity contribution in [2.24, 2.45) is 11.7 Å². The summed E-state index contributed by atoms with van der Waals surface area (Å²) in [6.45, 7) is 11.1. The normalized spacial score (nSPS) is 17.6. The lowest BCUT2D eigenvalue weighted by Gasteiger charge is -2.40. The summed E-state index contributed by atoms with van der Waals surface area (Å²) in [6, 6.07) is 17.3. The number of amides is 1. The number of aromatic nitrogens is 1. The van der Waals surface area contributed by atoms with E-state index in [-0.39, 0.29) is 17.0 Å². The zero-order valence-corrected chi connectivity index (χ0v) is 25.4. The van der Waals surface area contributed by atoms with E-state index >= 15 is 0 Å². The van der Waals surface area contributed by atoms with Crippen LogP contribution in [0.15, 0.2) is 59.0 Å². The molecule has 1 heterocycles. The molecule has 1 fully saturated rings. The van der Waals surface area contributed by atoms with Crippen LogP contribution in [-0.2, 0) is 15.6 Å². The number of rotatable bonds is 11. The molecule has 212 valence electrons. The second-order valence-corrected chi connectivity index (χ2v) is 17.6. The van der Waals surface area contributed by atoms with E-state index in [1.54, 1.807) is 0 Å². The van der Waals surface area contributed by atoms with Gasteiger partial charge < -0.3 is 19.9 Å². The third kappa shape index (κ3) is 7.80. The Balaban J connectivity index is 1.64. The first-order chi connectivity index (χ1) is 18.5. The number of hydrogen-bond acceptors (Lipinski definition) is 5. The van der Waals surface area contributed by atoms with E-state index < -0.39 is 20.5 Å². The molecular weight excluding hydrogens is 502 g/mol. The van der Waals surface area contributed by atoms with Crippen LogP contribution in [0.2, 0.25) is 18.1 Å². The number of benzene rings is 2. The van der Waals surface area contributed by atoms with Gasteiger partial charge in [-0.2, -0.15) is 0 Å². The highest BCUT2D eigenvalue weighted by Crippen LogP contribution is 2.41. The Labute approximate surface area is 235 Å². The average Bonchev–Trinajstić information content (AvgIpc) is 3.34. The SMILES string of the molecule is CC(C)(C)[Si](C)(C)OC(c1nc2ccccc2o1)[C@H](CCc1ccccc1)NC(=O)[C@@H](N)CC1CCCCC1. The molecule has 0 spiro atoms. The Morgan fingerprint density at radius 3 is 2.41 bits per heavy atom. The van der Waals surface area contributed by atoms with E-state index in [1.807, 2.05) is 42.5 Å². The van der Waals surface area contributed by atoms with Gasteiger partial charge in [-0.15, -0.1) is 0 Å². The summed E-state index contributed by atoms with van der Waals surface area (Å²) >= 11 is 0. The smallest absolute Gasteiger partial charge is 0.237 e. The molecule has 39 heavy (non-hydrogen) atoms. The monoisotopic (exact) mass is 549 g/mol. The minimum Gasteiger partial charge on any atom is -0.438 e. The third-order valence-corrected chi connectivity index (χ3v) is 13.2. The quantitative estimate of drug-likeness (QED) is 0.245. The van der Waals surface area contributed by atoms with E-state index in [1.165, 1.54) is 37.7 Å². The maximum atomic E-state index is 13.6. The van der Waals surface area contributed by atoms with Crippen molar-refractivity contribution in [3.63, 3.8) is 0 Å². The van der Waals surface area contributed by atoms with Crippen LogP contribution >= 0.6 is 0 Å². The number of aryl methyl sites for hydroxylation is 1. The molecule has 3 atom stereocenters. The summed E-state index contributed by atoms with van der Waals surface area (Å²) in [4.78, 5) is 18.4. The van der Waals surface area contributed by atoms with Crippen molar-refractivity contribution in [2.45, 2.75) is 108 Å². The first kappa shape index (κ1) is 29.5. The average molecular weight is 550 g/mol. The van der Waals surface area contributed by atoms with Crippen molar-refractivity contribution in [3.05, 3.63) is 66.1 Å². The summed E-state index contributed by atoms with van der Waals surface area (Å²) in [7, 11) is -2.27. The highest BCUT2D eigenvalue weighted by atomic mass is 28.4. The van der Waals surface area contributed by atoms with Gasteiger partial charge in [0, 0.05) is 0 Å². The van der Waals surface area contributed by atoms with E-state index in [9.17, 15) is 4.79 Å². The lowest BCUT2D eigenvalue weighted by Crippen LogP contribution is -2.51. The molecule has 3 aromatic rings. The first-order valence-electron chi connectivity index (χ1n) is 14.7. The van der Waals surface area contributed by atoms with Crippen molar-refractivity contribution in [1.29, 1.82) is 0 Å². The fraction of sp³-hybridized carbons (Fsp3) is 0.562.